The zero-order valence-electron chi connectivity index (χ0n) is 15.2. The molecule has 4 N–H and O–H groups in total. The summed E-state index contributed by atoms with van der Waals surface area (Å²) in [6.07, 6.45) is 4.21. The fraction of sp³-hybridized carbons (Fsp3) is 0.526. The molecule has 0 heterocycles. The molecule has 1 saturated carbocycles. The molecule has 0 aromatic heterocycles. The summed E-state index contributed by atoms with van der Waals surface area (Å²) in [5.74, 6) is -0.391. The minimum atomic E-state index is -0.680. The normalized spacial score (nSPS) is 18.9. The standard InChI is InChI=1S/C19H26N2O5.ClH/c20-11-14-1-6-15(7-2-14)19(24)26-16-8-3-13(4-9-16)5-10-18(23)25-12-17(21)22;/h3-4,8-9,14-15H,1-2,5-7,10-12,20H2,(H2,21,22);1H. The number of halogens is 1. The van der Waals surface area contributed by atoms with Gasteiger partial charge in [0.25, 0.3) is 5.91 Å². The molecular weight excluding hydrogens is 372 g/mol. The molecule has 1 aromatic rings. The van der Waals surface area contributed by atoms with Crippen LogP contribution in [0.3, 0.4) is 0 Å². The summed E-state index contributed by atoms with van der Waals surface area (Å²) in [6, 6.07) is 7.03. The van der Waals surface area contributed by atoms with Crippen molar-refractivity contribution in [3.8, 4) is 5.75 Å². The molecule has 8 heteroatoms. The highest BCUT2D eigenvalue weighted by Crippen LogP contribution is 2.29. The van der Waals surface area contributed by atoms with E-state index in [0.29, 0.717) is 24.6 Å². The van der Waals surface area contributed by atoms with Crippen molar-refractivity contribution in [3.63, 3.8) is 0 Å². The first-order valence-corrected chi connectivity index (χ1v) is 8.92. The van der Waals surface area contributed by atoms with E-state index in [4.69, 9.17) is 20.9 Å². The van der Waals surface area contributed by atoms with Crippen LogP contribution in [0.15, 0.2) is 24.3 Å². The van der Waals surface area contributed by atoms with Gasteiger partial charge in [-0.15, -0.1) is 12.4 Å². The Morgan fingerprint density at radius 1 is 1.04 bits per heavy atom. The van der Waals surface area contributed by atoms with Crippen LogP contribution in [0.4, 0.5) is 0 Å². The summed E-state index contributed by atoms with van der Waals surface area (Å²) in [4.78, 5) is 34.2. The van der Waals surface area contributed by atoms with Crippen LogP contribution < -0.4 is 16.2 Å². The number of primary amides is 1. The first kappa shape index (κ1) is 22.9. The predicted octanol–water partition coefficient (Wildman–Crippen LogP) is 1.74. The third-order valence-electron chi connectivity index (χ3n) is 4.65. The van der Waals surface area contributed by atoms with Crippen molar-refractivity contribution in [1.82, 2.24) is 0 Å². The third kappa shape index (κ3) is 7.97. The Kier molecular flexibility index (Phi) is 9.82. The topological polar surface area (TPSA) is 122 Å². The van der Waals surface area contributed by atoms with Crippen LogP contribution in [0.5, 0.6) is 5.75 Å². The first-order chi connectivity index (χ1) is 12.5. The fourth-order valence-corrected chi connectivity index (χ4v) is 3.03. The number of ether oxygens (including phenoxy) is 2. The highest BCUT2D eigenvalue weighted by atomic mass is 35.5. The molecule has 0 spiro atoms. The van der Waals surface area contributed by atoms with Gasteiger partial charge in [-0.2, -0.15) is 0 Å². The zero-order chi connectivity index (χ0) is 18.9. The summed E-state index contributed by atoms with van der Waals surface area (Å²) >= 11 is 0. The van der Waals surface area contributed by atoms with E-state index >= 15 is 0 Å². The Balaban J connectivity index is 0.00000364. The Hall–Kier alpha value is -2.12. The van der Waals surface area contributed by atoms with E-state index < -0.39 is 18.5 Å². The maximum atomic E-state index is 12.2. The van der Waals surface area contributed by atoms with Crippen LogP contribution in [-0.4, -0.2) is 31.0 Å². The van der Waals surface area contributed by atoms with Crippen molar-refractivity contribution in [2.75, 3.05) is 13.2 Å². The molecule has 0 radical (unpaired) electrons. The number of carbonyl (C=O) groups is 3. The third-order valence-corrected chi connectivity index (χ3v) is 4.65. The molecule has 150 valence electrons. The van der Waals surface area contributed by atoms with Crippen LogP contribution in [0, 0.1) is 11.8 Å². The van der Waals surface area contributed by atoms with Crippen LogP contribution in [-0.2, 0) is 25.5 Å². The van der Waals surface area contributed by atoms with Gasteiger partial charge in [0.15, 0.2) is 6.61 Å². The average molecular weight is 399 g/mol. The summed E-state index contributed by atoms with van der Waals surface area (Å²) < 4.78 is 10.1. The Morgan fingerprint density at radius 3 is 2.22 bits per heavy atom. The van der Waals surface area contributed by atoms with E-state index in [9.17, 15) is 14.4 Å². The number of nitrogens with two attached hydrogens (primary N) is 2. The van der Waals surface area contributed by atoms with Crippen molar-refractivity contribution < 1.29 is 23.9 Å². The number of aryl methyl sites for hydroxylation is 1. The van der Waals surface area contributed by atoms with Gasteiger partial charge in [0.05, 0.1) is 5.92 Å². The summed E-state index contributed by atoms with van der Waals surface area (Å²) in [5.41, 5.74) is 11.5. The summed E-state index contributed by atoms with van der Waals surface area (Å²) in [5, 5.41) is 0. The monoisotopic (exact) mass is 398 g/mol. The molecule has 0 aliphatic heterocycles. The summed E-state index contributed by atoms with van der Waals surface area (Å²) in [6.45, 7) is 0.278. The molecule has 0 saturated heterocycles. The molecule has 1 amide bonds. The van der Waals surface area contributed by atoms with Crippen molar-refractivity contribution in [2.45, 2.75) is 38.5 Å². The fourth-order valence-electron chi connectivity index (χ4n) is 3.03. The maximum Gasteiger partial charge on any atom is 0.314 e. The Labute approximate surface area is 165 Å². The van der Waals surface area contributed by atoms with Crippen molar-refractivity contribution in [3.05, 3.63) is 29.8 Å². The molecular formula is C19H27ClN2O5. The predicted molar refractivity (Wildman–Crippen MR) is 102 cm³/mol. The van der Waals surface area contributed by atoms with Gasteiger partial charge in [0, 0.05) is 6.42 Å². The molecule has 1 aromatic carbocycles. The number of rotatable bonds is 8. The van der Waals surface area contributed by atoms with Gasteiger partial charge in [0.2, 0.25) is 0 Å². The number of hydrogen-bond donors (Lipinski definition) is 2. The highest BCUT2D eigenvalue weighted by molar-refractivity contribution is 5.85. The van der Waals surface area contributed by atoms with E-state index in [1.807, 2.05) is 0 Å². The second-order valence-corrected chi connectivity index (χ2v) is 6.65. The van der Waals surface area contributed by atoms with Gasteiger partial charge >= 0.3 is 11.9 Å². The molecule has 1 aliphatic rings. The largest absolute Gasteiger partial charge is 0.456 e. The lowest BCUT2D eigenvalue weighted by molar-refractivity contribution is -0.147. The van der Waals surface area contributed by atoms with E-state index in [1.165, 1.54) is 0 Å². The van der Waals surface area contributed by atoms with E-state index in [-0.39, 0.29) is 30.7 Å². The maximum absolute atomic E-state index is 12.2. The van der Waals surface area contributed by atoms with E-state index in [1.54, 1.807) is 24.3 Å². The van der Waals surface area contributed by atoms with Gasteiger partial charge < -0.3 is 20.9 Å². The van der Waals surface area contributed by atoms with Crippen LogP contribution in [0.2, 0.25) is 0 Å². The number of esters is 2. The lowest BCUT2D eigenvalue weighted by Crippen LogP contribution is -2.28. The smallest absolute Gasteiger partial charge is 0.314 e. The van der Waals surface area contributed by atoms with Crippen LogP contribution in [0.1, 0.15) is 37.7 Å². The molecule has 0 atom stereocenters. The molecule has 1 fully saturated rings. The highest BCUT2D eigenvalue weighted by Gasteiger charge is 2.27. The van der Waals surface area contributed by atoms with Crippen molar-refractivity contribution in [2.24, 2.45) is 23.3 Å². The Bertz CT molecular complexity index is 627. The quantitative estimate of drug-likeness (QED) is 0.508. The number of hydrogen-bond acceptors (Lipinski definition) is 6. The molecule has 1 aliphatic carbocycles. The van der Waals surface area contributed by atoms with Crippen LogP contribution >= 0.6 is 12.4 Å². The first-order valence-electron chi connectivity index (χ1n) is 8.92. The number of amides is 1. The minimum Gasteiger partial charge on any atom is -0.456 e. The van der Waals surface area contributed by atoms with Gasteiger partial charge in [-0.1, -0.05) is 12.1 Å². The minimum absolute atomic E-state index is 0. The average Bonchev–Trinajstić information content (AvgIpc) is 2.65. The van der Waals surface area contributed by atoms with Gasteiger partial charge in [-0.3, -0.25) is 14.4 Å². The number of benzene rings is 1. The lowest BCUT2D eigenvalue weighted by Gasteiger charge is -2.26. The number of carbonyl (C=O) groups excluding carboxylic acids is 3. The van der Waals surface area contributed by atoms with Crippen LogP contribution in [0.25, 0.3) is 0 Å². The van der Waals surface area contributed by atoms with Gasteiger partial charge in [0.1, 0.15) is 5.75 Å². The second-order valence-electron chi connectivity index (χ2n) is 6.65. The molecule has 27 heavy (non-hydrogen) atoms. The molecule has 7 nitrogen and oxygen atoms in total. The van der Waals surface area contributed by atoms with Gasteiger partial charge in [-0.25, -0.2) is 0 Å². The second kappa shape index (κ2) is 11.6. The SMILES string of the molecule is Cl.NCC1CCC(C(=O)Oc2ccc(CCC(=O)OCC(N)=O)cc2)CC1. The molecule has 0 unspecified atom stereocenters. The Morgan fingerprint density at radius 2 is 1.67 bits per heavy atom. The molecule has 2 rings (SSSR count). The van der Waals surface area contributed by atoms with Crippen molar-refractivity contribution >= 4 is 30.3 Å². The van der Waals surface area contributed by atoms with E-state index in [0.717, 1.165) is 31.2 Å². The zero-order valence-corrected chi connectivity index (χ0v) is 16.0. The van der Waals surface area contributed by atoms with Gasteiger partial charge in [-0.05, 0) is 62.3 Å². The van der Waals surface area contributed by atoms with Crippen molar-refractivity contribution in [1.29, 1.82) is 0 Å². The van der Waals surface area contributed by atoms with E-state index in [2.05, 4.69) is 0 Å². The summed E-state index contributed by atoms with van der Waals surface area (Å²) in [7, 11) is 0. The molecule has 0 bridgehead atoms. The lowest BCUT2D eigenvalue weighted by atomic mass is 9.82.